The average molecular weight is 285 g/mol. The molecule has 0 unspecified atom stereocenters. The zero-order valence-corrected chi connectivity index (χ0v) is 11.4. The predicted octanol–water partition coefficient (Wildman–Crippen LogP) is 3.18. The van der Waals surface area contributed by atoms with E-state index in [0.717, 1.165) is 11.3 Å². The summed E-state index contributed by atoms with van der Waals surface area (Å²) in [6, 6.07) is 15.3. The summed E-state index contributed by atoms with van der Waals surface area (Å²) in [5.41, 5.74) is 2.25. The van der Waals surface area contributed by atoms with E-state index in [9.17, 15) is 4.39 Å². The molecule has 5 heteroatoms. The van der Waals surface area contributed by atoms with E-state index in [4.69, 9.17) is 17.5 Å². The Morgan fingerprint density at radius 1 is 1.20 bits per heavy atom. The van der Waals surface area contributed by atoms with Crippen LogP contribution in [0.2, 0.25) is 0 Å². The second-order valence-electron chi connectivity index (χ2n) is 4.13. The van der Waals surface area contributed by atoms with E-state index in [0.29, 0.717) is 17.2 Å². The highest BCUT2D eigenvalue weighted by Gasteiger charge is 1.99. The van der Waals surface area contributed by atoms with Gasteiger partial charge in [-0.25, -0.2) is 4.39 Å². The molecular formula is C15H12FN3S. The van der Waals surface area contributed by atoms with Gasteiger partial charge >= 0.3 is 0 Å². The molecule has 100 valence electrons. The lowest BCUT2D eigenvalue weighted by atomic mass is 10.2. The van der Waals surface area contributed by atoms with Crippen molar-refractivity contribution in [2.75, 3.05) is 5.32 Å². The number of hydrogen-bond acceptors (Lipinski definition) is 2. The maximum absolute atomic E-state index is 12.8. The molecule has 0 bridgehead atoms. The molecule has 0 radical (unpaired) electrons. The van der Waals surface area contributed by atoms with Gasteiger partial charge in [0.2, 0.25) is 0 Å². The van der Waals surface area contributed by atoms with Gasteiger partial charge in [-0.3, -0.25) is 0 Å². The summed E-state index contributed by atoms with van der Waals surface area (Å²) in [6.45, 7) is 0.504. The number of nitriles is 1. The van der Waals surface area contributed by atoms with Crippen molar-refractivity contribution in [2.24, 2.45) is 0 Å². The second kappa shape index (κ2) is 6.64. The Morgan fingerprint density at radius 3 is 2.65 bits per heavy atom. The van der Waals surface area contributed by atoms with E-state index in [1.54, 1.807) is 30.3 Å². The third kappa shape index (κ3) is 4.04. The molecule has 0 fully saturated rings. The van der Waals surface area contributed by atoms with Crippen LogP contribution in [0.5, 0.6) is 0 Å². The van der Waals surface area contributed by atoms with Crippen LogP contribution in [0.1, 0.15) is 11.1 Å². The highest BCUT2D eigenvalue weighted by Crippen LogP contribution is 2.09. The van der Waals surface area contributed by atoms with Crippen molar-refractivity contribution in [3.8, 4) is 6.07 Å². The number of hydrogen-bond donors (Lipinski definition) is 2. The highest BCUT2D eigenvalue weighted by atomic mass is 32.1. The number of nitrogens with one attached hydrogen (secondary N) is 2. The Balaban J connectivity index is 1.89. The number of anilines is 1. The van der Waals surface area contributed by atoms with Crippen LogP contribution in [0.3, 0.4) is 0 Å². The van der Waals surface area contributed by atoms with E-state index in [1.807, 2.05) is 6.07 Å². The van der Waals surface area contributed by atoms with Crippen LogP contribution in [-0.4, -0.2) is 5.11 Å². The molecule has 0 amide bonds. The molecular weight excluding hydrogens is 273 g/mol. The second-order valence-corrected chi connectivity index (χ2v) is 4.53. The third-order valence-electron chi connectivity index (χ3n) is 2.62. The van der Waals surface area contributed by atoms with Crippen LogP contribution < -0.4 is 10.6 Å². The third-order valence-corrected chi connectivity index (χ3v) is 2.86. The van der Waals surface area contributed by atoms with E-state index >= 15 is 0 Å². The number of thiocarbonyl (C=S) groups is 1. The zero-order chi connectivity index (χ0) is 14.4. The van der Waals surface area contributed by atoms with E-state index in [-0.39, 0.29) is 5.82 Å². The first-order valence-electron chi connectivity index (χ1n) is 5.97. The summed E-state index contributed by atoms with van der Waals surface area (Å²) in [7, 11) is 0. The van der Waals surface area contributed by atoms with E-state index < -0.39 is 0 Å². The van der Waals surface area contributed by atoms with Gasteiger partial charge in [-0.05, 0) is 48.1 Å². The fourth-order valence-corrected chi connectivity index (χ4v) is 1.82. The van der Waals surface area contributed by atoms with Gasteiger partial charge in [0.1, 0.15) is 5.82 Å². The fraction of sp³-hybridized carbons (Fsp3) is 0.0667. The molecule has 0 atom stereocenters. The molecule has 0 saturated carbocycles. The number of halogens is 1. The maximum atomic E-state index is 12.8. The lowest BCUT2D eigenvalue weighted by Gasteiger charge is -2.10. The average Bonchev–Trinajstić information content (AvgIpc) is 2.47. The molecule has 2 aromatic rings. The Hall–Kier alpha value is -2.45. The van der Waals surface area contributed by atoms with E-state index in [1.165, 1.54) is 12.1 Å². The molecule has 0 aliphatic heterocycles. The van der Waals surface area contributed by atoms with E-state index in [2.05, 4.69) is 16.7 Å². The summed E-state index contributed by atoms with van der Waals surface area (Å²) in [4.78, 5) is 0. The van der Waals surface area contributed by atoms with Crippen molar-refractivity contribution in [1.29, 1.82) is 5.26 Å². The number of benzene rings is 2. The first kappa shape index (κ1) is 14.0. The number of rotatable bonds is 3. The van der Waals surface area contributed by atoms with Gasteiger partial charge < -0.3 is 10.6 Å². The Morgan fingerprint density at radius 2 is 1.95 bits per heavy atom. The molecule has 0 aromatic heterocycles. The molecule has 0 heterocycles. The first-order chi connectivity index (χ1) is 9.67. The van der Waals surface area contributed by atoms with Crippen molar-refractivity contribution >= 4 is 23.0 Å². The first-order valence-corrected chi connectivity index (χ1v) is 6.37. The molecule has 0 spiro atoms. The Kier molecular flexibility index (Phi) is 4.64. The highest BCUT2D eigenvalue weighted by molar-refractivity contribution is 7.80. The van der Waals surface area contributed by atoms with Crippen molar-refractivity contribution < 1.29 is 4.39 Å². The van der Waals surface area contributed by atoms with Gasteiger partial charge in [0.15, 0.2) is 5.11 Å². The lowest BCUT2D eigenvalue weighted by Crippen LogP contribution is -2.27. The van der Waals surface area contributed by atoms with Crippen LogP contribution >= 0.6 is 12.2 Å². The standard InChI is InChI=1S/C15H12FN3S/c16-13-6-4-11(5-7-13)10-18-15(20)19-14-3-1-2-12(8-14)9-17/h1-8H,10H2,(H2,18,19,20). The van der Waals surface area contributed by atoms with Crippen LogP contribution in [0, 0.1) is 17.1 Å². The number of nitrogens with zero attached hydrogens (tertiary/aromatic N) is 1. The normalized spacial score (nSPS) is 9.60. The van der Waals surface area contributed by atoms with Crippen molar-refractivity contribution in [3.05, 3.63) is 65.5 Å². The summed E-state index contributed by atoms with van der Waals surface area (Å²) in [5, 5.41) is 15.3. The van der Waals surface area contributed by atoms with Gasteiger partial charge in [0.05, 0.1) is 11.6 Å². The molecule has 2 aromatic carbocycles. The Labute approximate surface area is 122 Å². The summed E-state index contributed by atoms with van der Waals surface area (Å²) < 4.78 is 12.8. The molecule has 0 aliphatic rings. The SMILES string of the molecule is N#Cc1cccc(NC(=S)NCc2ccc(F)cc2)c1. The Bertz CT molecular complexity index is 647. The maximum Gasteiger partial charge on any atom is 0.171 e. The summed E-state index contributed by atoms with van der Waals surface area (Å²) >= 11 is 5.16. The smallest absolute Gasteiger partial charge is 0.171 e. The van der Waals surface area contributed by atoms with Gasteiger partial charge in [0.25, 0.3) is 0 Å². The minimum atomic E-state index is -0.261. The minimum Gasteiger partial charge on any atom is -0.358 e. The van der Waals surface area contributed by atoms with Crippen LogP contribution in [0.25, 0.3) is 0 Å². The molecule has 0 aliphatic carbocycles. The van der Waals surface area contributed by atoms with Gasteiger partial charge in [-0.1, -0.05) is 18.2 Å². The summed E-state index contributed by atoms with van der Waals surface area (Å²) in [6.07, 6.45) is 0. The van der Waals surface area contributed by atoms with Crippen LogP contribution in [-0.2, 0) is 6.54 Å². The van der Waals surface area contributed by atoms with Gasteiger partial charge in [0, 0.05) is 12.2 Å². The van der Waals surface area contributed by atoms with Crippen molar-refractivity contribution in [1.82, 2.24) is 5.32 Å². The van der Waals surface area contributed by atoms with Crippen LogP contribution in [0.4, 0.5) is 10.1 Å². The van der Waals surface area contributed by atoms with Gasteiger partial charge in [-0.15, -0.1) is 0 Å². The molecule has 20 heavy (non-hydrogen) atoms. The molecule has 3 nitrogen and oxygen atoms in total. The summed E-state index contributed by atoms with van der Waals surface area (Å²) in [5.74, 6) is -0.261. The van der Waals surface area contributed by atoms with Crippen molar-refractivity contribution in [2.45, 2.75) is 6.54 Å². The fourth-order valence-electron chi connectivity index (χ4n) is 1.63. The molecule has 2 rings (SSSR count). The largest absolute Gasteiger partial charge is 0.358 e. The topological polar surface area (TPSA) is 47.9 Å². The molecule has 2 N–H and O–H groups in total. The van der Waals surface area contributed by atoms with Crippen molar-refractivity contribution in [3.63, 3.8) is 0 Å². The molecule has 0 saturated heterocycles. The predicted molar refractivity (Wildman–Crippen MR) is 80.6 cm³/mol. The monoisotopic (exact) mass is 285 g/mol. The minimum absolute atomic E-state index is 0.261. The van der Waals surface area contributed by atoms with Crippen LogP contribution in [0.15, 0.2) is 48.5 Å². The van der Waals surface area contributed by atoms with Gasteiger partial charge in [-0.2, -0.15) is 5.26 Å². The lowest BCUT2D eigenvalue weighted by molar-refractivity contribution is 0.627. The zero-order valence-electron chi connectivity index (χ0n) is 10.6. The quantitative estimate of drug-likeness (QED) is 0.850.